The van der Waals surface area contributed by atoms with E-state index in [0.717, 1.165) is 27.9 Å². The summed E-state index contributed by atoms with van der Waals surface area (Å²) in [6.45, 7) is 4.54. The topological polar surface area (TPSA) is 62.5 Å². The number of hydrogen-bond donors (Lipinski definition) is 2. The SMILES string of the molecule is Cc1oc2cccc(C3CC(C(=O)O)CN3)c2c1C. The predicted molar refractivity (Wildman–Crippen MR) is 72.2 cm³/mol. The van der Waals surface area contributed by atoms with Gasteiger partial charge < -0.3 is 14.8 Å². The summed E-state index contributed by atoms with van der Waals surface area (Å²) < 4.78 is 5.73. The van der Waals surface area contributed by atoms with Gasteiger partial charge in [-0.25, -0.2) is 0 Å². The minimum atomic E-state index is -0.720. The molecule has 0 spiro atoms. The van der Waals surface area contributed by atoms with Gasteiger partial charge in [0.15, 0.2) is 0 Å². The molecule has 2 unspecified atom stereocenters. The number of carbonyl (C=O) groups is 1. The lowest BCUT2D eigenvalue weighted by Gasteiger charge is -2.12. The van der Waals surface area contributed by atoms with E-state index in [1.165, 1.54) is 0 Å². The number of rotatable bonds is 2. The number of benzene rings is 1. The van der Waals surface area contributed by atoms with Crippen molar-refractivity contribution in [2.24, 2.45) is 5.92 Å². The maximum atomic E-state index is 11.1. The Bertz CT molecular complexity index is 644. The van der Waals surface area contributed by atoms with Gasteiger partial charge in [-0.05, 0) is 37.5 Å². The summed E-state index contributed by atoms with van der Waals surface area (Å²) in [5.74, 6) is -0.0916. The molecule has 3 rings (SSSR count). The molecular weight excluding hydrogens is 242 g/mol. The van der Waals surface area contributed by atoms with Crippen molar-refractivity contribution in [3.05, 3.63) is 35.1 Å². The highest BCUT2D eigenvalue weighted by atomic mass is 16.4. The van der Waals surface area contributed by atoms with Crippen molar-refractivity contribution in [2.75, 3.05) is 6.54 Å². The molecule has 100 valence electrons. The van der Waals surface area contributed by atoms with Gasteiger partial charge in [0, 0.05) is 18.0 Å². The minimum Gasteiger partial charge on any atom is -0.481 e. The quantitative estimate of drug-likeness (QED) is 0.870. The molecule has 1 aliphatic rings. The van der Waals surface area contributed by atoms with E-state index in [1.54, 1.807) is 0 Å². The highest BCUT2D eigenvalue weighted by Gasteiger charge is 2.31. The van der Waals surface area contributed by atoms with E-state index < -0.39 is 5.97 Å². The molecule has 0 amide bonds. The van der Waals surface area contributed by atoms with E-state index in [0.29, 0.717) is 13.0 Å². The molecule has 0 saturated carbocycles. The number of fused-ring (bicyclic) bond motifs is 1. The van der Waals surface area contributed by atoms with E-state index in [4.69, 9.17) is 9.52 Å². The first-order valence-electron chi connectivity index (χ1n) is 6.52. The predicted octanol–water partition coefficient (Wildman–Crippen LogP) is 2.78. The first kappa shape index (κ1) is 12.2. The third-order valence-electron chi connectivity index (χ3n) is 4.08. The van der Waals surface area contributed by atoms with Crippen molar-refractivity contribution < 1.29 is 14.3 Å². The van der Waals surface area contributed by atoms with Crippen LogP contribution in [0, 0.1) is 19.8 Å². The Morgan fingerprint density at radius 1 is 1.42 bits per heavy atom. The standard InChI is InChI=1S/C15H17NO3/c1-8-9(2)19-13-5-3-4-11(14(8)13)12-6-10(7-16-12)15(17)18/h3-5,10,12,16H,6-7H2,1-2H3,(H,17,18). The van der Waals surface area contributed by atoms with Crippen LogP contribution in [0.15, 0.2) is 22.6 Å². The third-order valence-corrected chi connectivity index (χ3v) is 4.08. The average Bonchev–Trinajstić information content (AvgIpc) is 2.96. The van der Waals surface area contributed by atoms with Crippen molar-refractivity contribution in [2.45, 2.75) is 26.3 Å². The highest BCUT2D eigenvalue weighted by molar-refractivity contribution is 5.86. The molecule has 2 atom stereocenters. The molecular formula is C15H17NO3. The molecule has 2 aromatic rings. The number of carboxylic acids is 1. The van der Waals surface area contributed by atoms with Crippen LogP contribution in [-0.2, 0) is 4.79 Å². The third kappa shape index (κ3) is 1.92. The summed E-state index contributed by atoms with van der Waals surface area (Å²) in [7, 11) is 0. The van der Waals surface area contributed by atoms with Gasteiger partial charge in [-0.2, -0.15) is 0 Å². The lowest BCUT2D eigenvalue weighted by Crippen LogP contribution is -2.17. The monoisotopic (exact) mass is 259 g/mol. The van der Waals surface area contributed by atoms with Crippen LogP contribution in [0.2, 0.25) is 0 Å². The molecule has 1 aromatic carbocycles. The molecule has 4 heteroatoms. The fourth-order valence-electron chi connectivity index (χ4n) is 2.90. The first-order chi connectivity index (χ1) is 9.08. The van der Waals surface area contributed by atoms with E-state index in [1.807, 2.05) is 26.0 Å². The number of aliphatic carboxylic acids is 1. The van der Waals surface area contributed by atoms with Crippen LogP contribution in [0.5, 0.6) is 0 Å². The molecule has 1 saturated heterocycles. The zero-order valence-electron chi connectivity index (χ0n) is 11.1. The van der Waals surface area contributed by atoms with Gasteiger partial charge in [0.25, 0.3) is 0 Å². The van der Waals surface area contributed by atoms with Gasteiger partial charge in [0.05, 0.1) is 5.92 Å². The summed E-state index contributed by atoms with van der Waals surface area (Å²) >= 11 is 0. The van der Waals surface area contributed by atoms with Crippen LogP contribution in [0.1, 0.15) is 29.3 Å². The Hall–Kier alpha value is -1.81. The van der Waals surface area contributed by atoms with Crippen LogP contribution in [-0.4, -0.2) is 17.6 Å². The minimum absolute atomic E-state index is 0.0977. The summed E-state index contributed by atoms with van der Waals surface area (Å²) in [4.78, 5) is 11.1. The summed E-state index contributed by atoms with van der Waals surface area (Å²) in [6.07, 6.45) is 0.637. The van der Waals surface area contributed by atoms with Crippen molar-refractivity contribution in [1.82, 2.24) is 5.32 Å². The van der Waals surface area contributed by atoms with Crippen molar-refractivity contribution >= 4 is 16.9 Å². The number of furan rings is 1. The second kappa shape index (κ2) is 4.38. The number of nitrogens with one attached hydrogen (secondary N) is 1. The van der Waals surface area contributed by atoms with E-state index in [-0.39, 0.29) is 12.0 Å². The number of hydrogen-bond acceptors (Lipinski definition) is 3. The van der Waals surface area contributed by atoms with Gasteiger partial charge in [-0.3, -0.25) is 4.79 Å². The van der Waals surface area contributed by atoms with E-state index >= 15 is 0 Å². The Kier molecular flexibility index (Phi) is 2.82. The van der Waals surface area contributed by atoms with Crippen LogP contribution < -0.4 is 5.32 Å². The van der Waals surface area contributed by atoms with Gasteiger partial charge in [-0.1, -0.05) is 12.1 Å². The normalized spacial score (nSPS) is 23.1. The van der Waals surface area contributed by atoms with Crippen LogP contribution in [0.3, 0.4) is 0 Å². The summed E-state index contributed by atoms with van der Waals surface area (Å²) in [5.41, 5.74) is 3.18. The molecule has 0 bridgehead atoms. The summed E-state index contributed by atoms with van der Waals surface area (Å²) in [5, 5.41) is 13.5. The smallest absolute Gasteiger partial charge is 0.307 e. The highest BCUT2D eigenvalue weighted by Crippen LogP contribution is 2.35. The second-order valence-corrected chi connectivity index (χ2v) is 5.24. The molecule has 1 aliphatic heterocycles. The summed E-state index contributed by atoms with van der Waals surface area (Å²) in [6, 6.07) is 6.09. The molecule has 2 N–H and O–H groups in total. The molecule has 2 heterocycles. The molecule has 0 radical (unpaired) electrons. The Morgan fingerprint density at radius 3 is 2.89 bits per heavy atom. The molecule has 19 heavy (non-hydrogen) atoms. The zero-order valence-corrected chi connectivity index (χ0v) is 11.1. The van der Waals surface area contributed by atoms with Gasteiger partial charge in [0.1, 0.15) is 11.3 Å². The number of aryl methyl sites for hydroxylation is 2. The lowest BCUT2D eigenvalue weighted by molar-refractivity contribution is -0.141. The average molecular weight is 259 g/mol. The zero-order chi connectivity index (χ0) is 13.6. The Morgan fingerprint density at radius 2 is 2.21 bits per heavy atom. The second-order valence-electron chi connectivity index (χ2n) is 5.24. The first-order valence-corrected chi connectivity index (χ1v) is 6.52. The van der Waals surface area contributed by atoms with Gasteiger partial charge in [0.2, 0.25) is 0 Å². The molecule has 0 aliphatic carbocycles. The molecule has 4 nitrogen and oxygen atoms in total. The molecule has 1 fully saturated rings. The van der Waals surface area contributed by atoms with Crippen molar-refractivity contribution in [3.8, 4) is 0 Å². The Labute approximate surface area is 111 Å². The number of carboxylic acid groups (broad SMARTS) is 1. The largest absolute Gasteiger partial charge is 0.481 e. The lowest BCUT2D eigenvalue weighted by atomic mass is 9.96. The maximum absolute atomic E-state index is 11.1. The van der Waals surface area contributed by atoms with Gasteiger partial charge >= 0.3 is 5.97 Å². The Balaban J connectivity index is 2.04. The maximum Gasteiger partial charge on any atom is 0.307 e. The fourth-order valence-corrected chi connectivity index (χ4v) is 2.90. The van der Waals surface area contributed by atoms with Crippen LogP contribution >= 0.6 is 0 Å². The van der Waals surface area contributed by atoms with E-state index in [9.17, 15) is 4.79 Å². The van der Waals surface area contributed by atoms with Gasteiger partial charge in [-0.15, -0.1) is 0 Å². The van der Waals surface area contributed by atoms with Crippen molar-refractivity contribution in [3.63, 3.8) is 0 Å². The fraction of sp³-hybridized carbons (Fsp3) is 0.400. The van der Waals surface area contributed by atoms with E-state index in [2.05, 4.69) is 11.4 Å². The van der Waals surface area contributed by atoms with Crippen LogP contribution in [0.25, 0.3) is 11.0 Å². The van der Waals surface area contributed by atoms with Crippen molar-refractivity contribution in [1.29, 1.82) is 0 Å². The van der Waals surface area contributed by atoms with Crippen LogP contribution in [0.4, 0.5) is 0 Å². The molecule has 1 aromatic heterocycles.